The van der Waals surface area contributed by atoms with Gasteiger partial charge < -0.3 is 14.8 Å². The summed E-state index contributed by atoms with van der Waals surface area (Å²) < 4.78 is 9.62. The van der Waals surface area contributed by atoms with Gasteiger partial charge in [0.1, 0.15) is 17.4 Å². The van der Waals surface area contributed by atoms with Crippen LogP contribution in [-0.4, -0.2) is 32.6 Å². The number of benzene rings is 1. The molecule has 0 heterocycles. The van der Waals surface area contributed by atoms with Crippen molar-refractivity contribution in [1.29, 1.82) is 5.26 Å². The monoisotopic (exact) mass is 274 g/mol. The van der Waals surface area contributed by atoms with Gasteiger partial charge in [-0.05, 0) is 23.8 Å². The third-order valence-corrected chi connectivity index (χ3v) is 2.37. The highest BCUT2D eigenvalue weighted by Gasteiger charge is 2.06. The van der Waals surface area contributed by atoms with E-state index in [9.17, 15) is 9.59 Å². The molecule has 6 heteroatoms. The molecule has 20 heavy (non-hydrogen) atoms. The molecule has 0 bridgehead atoms. The smallest absolute Gasteiger partial charge is 0.343 e. The highest BCUT2D eigenvalue weighted by molar-refractivity contribution is 6.01. The Bertz CT molecular complexity index is 556. The molecule has 0 aliphatic heterocycles. The van der Waals surface area contributed by atoms with E-state index in [1.165, 1.54) is 20.2 Å². The fraction of sp³-hybridized carbons (Fsp3) is 0.214. The van der Waals surface area contributed by atoms with Crippen LogP contribution in [0.5, 0.6) is 5.75 Å². The SMILES string of the molecule is CNC(=O)/C(C#N)=C/c1ccc(OCC(=O)OC)cc1. The van der Waals surface area contributed by atoms with E-state index >= 15 is 0 Å². The van der Waals surface area contributed by atoms with Gasteiger partial charge in [0, 0.05) is 7.05 Å². The lowest BCUT2D eigenvalue weighted by atomic mass is 10.1. The molecule has 1 rings (SSSR count). The van der Waals surface area contributed by atoms with Crippen LogP contribution in [0.1, 0.15) is 5.56 Å². The van der Waals surface area contributed by atoms with Gasteiger partial charge in [-0.15, -0.1) is 0 Å². The van der Waals surface area contributed by atoms with Gasteiger partial charge in [-0.1, -0.05) is 12.1 Å². The molecule has 0 aliphatic rings. The molecule has 0 saturated carbocycles. The highest BCUT2D eigenvalue weighted by Crippen LogP contribution is 2.14. The van der Waals surface area contributed by atoms with Crippen LogP contribution in [0.25, 0.3) is 6.08 Å². The van der Waals surface area contributed by atoms with E-state index in [4.69, 9.17) is 10.00 Å². The minimum Gasteiger partial charge on any atom is -0.482 e. The number of esters is 1. The molecule has 0 aliphatic carbocycles. The van der Waals surface area contributed by atoms with Gasteiger partial charge in [-0.25, -0.2) is 4.79 Å². The van der Waals surface area contributed by atoms with Crippen molar-refractivity contribution >= 4 is 18.0 Å². The average molecular weight is 274 g/mol. The van der Waals surface area contributed by atoms with E-state index < -0.39 is 11.9 Å². The highest BCUT2D eigenvalue weighted by atomic mass is 16.6. The summed E-state index contributed by atoms with van der Waals surface area (Å²) in [6.45, 7) is -0.173. The van der Waals surface area contributed by atoms with Crippen molar-refractivity contribution in [3.8, 4) is 11.8 Å². The Balaban J connectivity index is 2.76. The summed E-state index contributed by atoms with van der Waals surface area (Å²) in [5.74, 6) is -0.426. The molecule has 0 unspecified atom stereocenters. The molecular formula is C14H14N2O4. The van der Waals surface area contributed by atoms with E-state index in [2.05, 4.69) is 10.1 Å². The first-order valence-corrected chi connectivity index (χ1v) is 5.74. The molecular weight excluding hydrogens is 260 g/mol. The molecule has 1 N–H and O–H groups in total. The van der Waals surface area contributed by atoms with Crippen LogP contribution in [0.3, 0.4) is 0 Å². The summed E-state index contributed by atoms with van der Waals surface area (Å²) in [5.41, 5.74) is 0.686. The Morgan fingerprint density at radius 1 is 1.35 bits per heavy atom. The first kappa shape index (κ1) is 15.2. The number of likely N-dealkylation sites (N-methyl/N-ethyl adjacent to an activating group) is 1. The van der Waals surface area contributed by atoms with E-state index in [0.29, 0.717) is 11.3 Å². The number of nitrogens with zero attached hydrogens (tertiary/aromatic N) is 1. The van der Waals surface area contributed by atoms with Gasteiger partial charge in [0.15, 0.2) is 6.61 Å². The van der Waals surface area contributed by atoms with Crippen molar-refractivity contribution in [1.82, 2.24) is 5.32 Å². The van der Waals surface area contributed by atoms with Crippen molar-refractivity contribution in [2.24, 2.45) is 0 Å². The standard InChI is InChI=1S/C14H14N2O4/c1-16-14(18)11(8-15)7-10-3-5-12(6-4-10)20-9-13(17)19-2/h3-7H,9H2,1-2H3,(H,16,18)/b11-7+. The maximum absolute atomic E-state index is 11.3. The van der Waals surface area contributed by atoms with Gasteiger partial charge in [-0.2, -0.15) is 5.26 Å². The summed E-state index contributed by atoms with van der Waals surface area (Å²) in [6, 6.07) is 8.43. The van der Waals surface area contributed by atoms with Gasteiger partial charge in [0.2, 0.25) is 0 Å². The van der Waals surface area contributed by atoms with Crippen molar-refractivity contribution in [2.75, 3.05) is 20.8 Å². The Morgan fingerprint density at radius 3 is 2.50 bits per heavy atom. The van der Waals surface area contributed by atoms with Crippen LogP contribution in [-0.2, 0) is 14.3 Å². The molecule has 0 atom stereocenters. The first-order valence-electron chi connectivity index (χ1n) is 5.74. The summed E-state index contributed by atoms with van der Waals surface area (Å²) in [6.07, 6.45) is 1.46. The molecule has 1 amide bonds. The van der Waals surface area contributed by atoms with Gasteiger partial charge in [0.05, 0.1) is 7.11 Å². The minimum absolute atomic E-state index is 0.00993. The fourth-order valence-corrected chi connectivity index (χ4v) is 1.31. The largest absolute Gasteiger partial charge is 0.482 e. The maximum Gasteiger partial charge on any atom is 0.343 e. The van der Waals surface area contributed by atoms with E-state index in [-0.39, 0.29) is 12.2 Å². The Labute approximate surface area is 116 Å². The van der Waals surface area contributed by atoms with Crippen LogP contribution < -0.4 is 10.1 Å². The molecule has 104 valence electrons. The Hall–Kier alpha value is -2.81. The molecule has 0 saturated heterocycles. The second-order valence-corrected chi connectivity index (χ2v) is 3.68. The Morgan fingerprint density at radius 2 is 2.00 bits per heavy atom. The molecule has 0 fully saturated rings. The predicted octanol–water partition coefficient (Wildman–Crippen LogP) is 0.891. The summed E-state index contributed by atoms with van der Waals surface area (Å²) in [7, 11) is 2.74. The van der Waals surface area contributed by atoms with Gasteiger partial charge in [-0.3, -0.25) is 4.79 Å². The lowest BCUT2D eigenvalue weighted by Gasteiger charge is -2.04. The second kappa shape index (κ2) is 7.59. The van der Waals surface area contributed by atoms with Crippen molar-refractivity contribution in [3.05, 3.63) is 35.4 Å². The van der Waals surface area contributed by atoms with Crippen molar-refractivity contribution < 1.29 is 19.1 Å². The second-order valence-electron chi connectivity index (χ2n) is 3.68. The zero-order chi connectivity index (χ0) is 15.0. The number of rotatable bonds is 5. The number of nitriles is 1. The van der Waals surface area contributed by atoms with E-state index in [1.54, 1.807) is 24.3 Å². The quantitative estimate of drug-likeness (QED) is 0.489. The summed E-state index contributed by atoms with van der Waals surface area (Å²) >= 11 is 0. The first-order chi connectivity index (χ1) is 9.60. The number of nitrogens with one attached hydrogen (secondary N) is 1. The zero-order valence-electron chi connectivity index (χ0n) is 11.2. The molecule has 0 aromatic heterocycles. The van der Waals surface area contributed by atoms with E-state index in [0.717, 1.165) is 0 Å². The molecule has 1 aromatic carbocycles. The third-order valence-electron chi connectivity index (χ3n) is 2.37. The average Bonchev–Trinajstić information content (AvgIpc) is 2.50. The zero-order valence-corrected chi connectivity index (χ0v) is 11.2. The Kier molecular flexibility index (Phi) is 5.78. The molecule has 6 nitrogen and oxygen atoms in total. The van der Waals surface area contributed by atoms with Crippen molar-refractivity contribution in [2.45, 2.75) is 0 Å². The maximum atomic E-state index is 11.3. The molecule has 0 radical (unpaired) electrons. The molecule has 0 spiro atoms. The molecule has 1 aromatic rings. The van der Waals surface area contributed by atoms with Gasteiger partial charge in [0.25, 0.3) is 5.91 Å². The van der Waals surface area contributed by atoms with Crippen LogP contribution in [0, 0.1) is 11.3 Å². The van der Waals surface area contributed by atoms with Crippen LogP contribution >= 0.6 is 0 Å². The van der Waals surface area contributed by atoms with Crippen LogP contribution in [0.4, 0.5) is 0 Å². The normalized spacial score (nSPS) is 10.3. The third kappa shape index (κ3) is 4.46. The number of hydrogen-bond donors (Lipinski definition) is 1. The number of methoxy groups -OCH3 is 1. The lowest BCUT2D eigenvalue weighted by molar-refractivity contribution is -0.142. The van der Waals surface area contributed by atoms with Crippen LogP contribution in [0.2, 0.25) is 0 Å². The number of carbonyl (C=O) groups is 2. The van der Waals surface area contributed by atoms with Crippen LogP contribution in [0.15, 0.2) is 29.8 Å². The number of hydrogen-bond acceptors (Lipinski definition) is 5. The number of amides is 1. The van der Waals surface area contributed by atoms with Gasteiger partial charge >= 0.3 is 5.97 Å². The topological polar surface area (TPSA) is 88.4 Å². The lowest BCUT2D eigenvalue weighted by Crippen LogP contribution is -2.19. The van der Waals surface area contributed by atoms with E-state index in [1.807, 2.05) is 6.07 Å². The summed E-state index contributed by atoms with van der Waals surface area (Å²) in [4.78, 5) is 22.3. The predicted molar refractivity (Wildman–Crippen MR) is 71.6 cm³/mol. The van der Waals surface area contributed by atoms with Crippen molar-refractivity contribution in [3.63, 3.8) is 0 Å². The summed E-state index contributed by atoms with van der Waals surface area (Å²) in [5, 5.41) is 11.2. The number of carbonyl (C=O) groups excluding carboxylic acids is 2. The number of ether oxygens (including phenoxy) is 2. The fourth-order valence-electron chi connectivity index (χ4n) is 1.31. The minimum atomic E-state index is -0.472.